The number of halogens is 2. The molecule has 1 amide bonds. The van der Waals surface area contributed by atoms with Crippen molar-refractivity contribution in [2.24, 2.45) is 5.16 Å². The summed E-state index contributed by atoms with van der Waals surface area (Å²) in [5.41, 5.74) is 0.782. The second-order valence-electron chi connectivity index (χ2n) is 6.09. The van der Waals surface area contributed by atoms with Crippen LogP contribution in [0.25, 0.3) is 0 Å². The van der Waals surface area contributed by atoms with Crippen LogP contribution in [0, 0.1) is 0 Å². The number of carbonyl (C=O) groups excluding carboxylic acids is 1. The predicted octanol–water partition coefficient (Wildman–Crippen LogP) is 3.29. The number of aromatic nitrogens is 1. The molecule has 0 aromatic carbocycles. The quantitative estimate of drug-likeness (QED) is 0.778. The van der Waals surface area contributed by atoms with Crippen molar-refractivity contribution < 1.29 is 9.63 Å². The van der Waals surface area contributed by atoms with E-state index in [2.05, 4.69) is 15.0 Å². The fourth-order valence-corrected chi connectivity index (χ4v) is 4.18. The summed E-state index contributed by atoms with van der Waals surface area (Å²) < 4.78 is 0.699. The van der Waals surface area contributed by atoms with Crippen molar-refractivity contribution >= 4 is 52.0 Å². The van der Waals surface area contributed by atoms with E-state index in [1.165, 1.54) is 11.3 Å². The van der Waals surface area contributed by atoms with Gasteiger partial charge in [-0.3, -0.25) is 4.79 Å². The summed E-state index contributed by atoms with van der Waals surface area (Å²) in [4.78, 5) is 27.4. The number of pyridine rings is 1. The number of rotatable bonds is 3. The number of amides is 1. The van der Waals surface area contributed by atoms with E-state index in [-0.39, 0.29) is 5.91 Å². The number of hydrogen-bond acceptors (Lipinski definition) is 6. The normalized spacial score (nSPS) is 20.1. The molecule has 4 heterocycles. The molecule has 136 valence electrons. The summed E-state index contributed by atoms with van der Waals surface area (Å²) in [6, 6.07) is 7.44. The van der Waals surface area contributed by atoms with Gasteiger partial charge >= 0.3 is 0 Å². The lowest BCUT2D eigenvalue weighted by atomic mass is 10.1. The summed E-state index contributed by atoms with van der Waals surface area (Å²) in [7, 11) is 0. The first-order valence-corrected chi connectivity index (χ1v) is 9.81. The van der Waals surface area contributed by atoms with Gasteiger partial charge in [-0.1, -0.05) is 28.4 Å². The zero-order valence-electron chi connectivity index (χ0n) is 13.8. The molecule has 2 aromatic rings. The van der Waals surface area contributed by atoms with Crippen LogP contribution in [-0.4, -0.2) is 53.8 Å². The molecule has 6 nitrogen and oxygen atoms in total. The monoisotopic (exact) mass is 410 g/mol. The van der Waals surface area contributed by atoms with Crippen molar-refractivity contribution in [2.45, 2.75) is 12.5 Å². The predicted molar refractivity (Wildman–Crippen MR) is 103 cm³/mol. The Kier molecular flexibility index (Phi) is 5.02. The van der Waals surface area contributed by atoms with Crippen LogP contribution in [0.1, 0.15) is 11.3 Å². The third-order valence-electron chi connectivity index (χ3n) is 4.43. The van der Waals surface area contributed by atoms with Crippen molar-refractivity contribution in [1.82, 2.24) is 9.88 Å². The molecule has 0 aliphatic carbocycles. The first-order valence-electron chi connectivity index (χ1n) is 8.24. The molecule has 2 aliphatic rings. The van der Waals surface area contributed by atoms with Gasteiger partial charge in [0, 0.05) is 38.8 Å². The van der Waals surface area contributed by atoms with E-state index in [1.54, 1.807) is 6.20 Å². The van der Waals surface area contributed by atoms with E-state index < -0.39 is 6.10 Å². The van der Waals surface area contributed by atoms with Crippen LogP contribution in [0.15, 0.2) is 35.6 Å². The van der Waals surface area contributed by atoms with Gasteiger partial charge in [-0.05, 0) is 24.3 Å². The van der Waals surface area contributed by atoms with Gasteiger partial charge in [0.15, 0.2) is 0 Å². The summed E-state index contributed by atoms with van der Waals surface area (Å²) in [6.45, 7) is 2.70. The van der Waals surface area contributed by atoms with Crippen LogP contribution in [0.4, 0.5) is 5.82 Å². The van der Waals surface area contributed by atoms with E-state index in [4.69, 9.17) is 28.0 Å². The van der Waals surface area contributed by atoms with E-state index in [1.807, 2.05) is 29.2 Å². The maximum absolute atomic E-state index is 12.7. The van der Waals surface area contributed by atoms with Crippen LogP contribution >= 0.6 is 34.5 Å². The van der Waals surface area contributed by atoms with Gasteiger partial charge in [-0.25, -0.2) is 4.98 Å². The average molecular weight is 411 g/mol. The largest absolute Gasteiger partial charge is 0.382 e. The maximum Gasteiger partial charge on any atom is 0.267 e. The Morgan fingerprint density at radius 3 is 2.62 bits per heavy atom. The molecule has 0 radical (unpaired) electrons. The van der Waals surface area contributed by atoms with Gasteiger partial charge in [-0.2, -0.15) is 0 Å². The van der Waals surface area contributed by atoms with Gasteiger partial charge in [0.25, 0.3) is 5.91 Å². The van der Waals surface area contributed by atoms with Crippen LogP contribution in [0.5, 0.6) is 0 Å². The van der Waals surface area contributed by atoms with Gasteiger partial charge in [0.2, 0.25) is 6.10 Å². The topological polar surface area (TPSA) is 58.0 Å². The number of thiophene rings is 1. The van der Waals surface area contributed by atoms with Crippen molar-refractivity contribution in [3.8, 4) is 0 Å². The highest BCUT2D eigenvalue weighted by atomic mass is 35.5. The lowest BCUT2D eigenvalue weighted by molar-refractivity contribution is -0.142. The van der Waals surface area contributed by atoms with Crippen molar-refractivity contribution in [1.29, 1.82) is 0 Å². The lowest BCUT2D eigenvalue weighted by Crippen LogP contribution is -2.51. The van der Waals surface area contributed by atoms with Crippen LogP contribution in [0.3, 0.4) is 0 Å². The SMILES string of the molecule is O=C(C1CC(c2ccc(Cl)s2)=NO1)N1CCN(c2ccc(Cl)cn2)CC1. The molecule has 2 aliphatic heterocycles. The van der Waals surface area contributed by atoms with Gasteiger partial charge < -0.3 is 14.6 Å². The summed E-state index contributed by atoms with van der Waals surface area (Å²) >= 11 is 13.3. The van der Waals surface area contributed by atoms with Gasteiger partial charge in [-0.15, -0.1) is 11.3 Å². The number of carbonyl (C=O) groups is 1. The highest BCUT2D eigenvalue weighted by Gasteiger charge is 2.34. The minimum Gasteiger partial charge on any atom is -0.382 e. The first-order chi connectivity index (χ1) is 12.6. The third-order valence-corrected chi connectivity index (χ3v) is 5.93. The van der Waals surface area contributed by atoms with E-state index >= 15 is 0 Å². The van der Waals surface area contributed by atoms with Crippen LogP contribution in [0.2, 0.25) is 9.36 Å². The Bertz CT molecular complexity index is 832. The minimum atomic E-state index is -0.550. The Morgan fingerprint density at radius 1 is 1.15 bits per heavy atom. The van der Waals surface area contributed by atoms with Crippen LogP contribution < -0.4 is 4.90 Å². The Hall–Kier alpha value is -1.83. The van der Waals surface area contributed by atoms with Crippen molar-refractivity contribution in [3.05, 3.63) is 44.7 Å². The zero-order chi connectivity index (χ0) is 18.1. The zero-order valence-corrected chi connectivity index (χ0v) is 16.1. The van der Waals surface area contributed by atoms with Gasteiger partial charge in [0.1, 0.15) is 11.5 Å². The molecule has 26 heavy (non-hydrogen) atoms. The van der Waals surface area contributed by atoms with Crippen molar-refractivity contribution in [3.63, 3.8) is 0 Å². The molecule has 0 bridgehead atoms. The molecule has 9 heteroatoms. The van der Waals surface area contributed by atoms with E-state index in [0.717, 1.165) is 29.5 Å². The smallest absolute Gasteiger partial charge is 0.267 e. The molecule has 1 atom stereocenters. The summed E-state index contributed by atoms with van der Waals surface area (Å²) in [5, 5.41) is 4.69. The fraction of sp³-hybridized carbons (Fsp3) is 0.353. The molecule has 1 saturated heterocycles. The molecular formula is C17H16Cl2N4O2S. The molecule has 4 rings (SSSR count). The van der Waals surface area contributed by atoms with Gasteiger partial charge in [0.05, 0.1) is 14.2 Å². The van der Waals surface area contributed by atoms with E-state index in [0.29, 0.717) is 28.9 Å². The van der Waals surface area contributed by atoms with Crippen LogP contribution in [-0.2, 0) is 9.63 Å². The molecule has 0 spiro atoms. The second-order valence-corrected chi connectivity index (χ2v) is 8.24. The lowest BCUT2D eigenvalue weighted by Gasteiger charge is -2.36. The highest BCUT2D eigenvalue weighted by molar-refractivity contribution is 7.18. The molecule has 0 N–H and O–H groups in total. The number of hydrogen-bond donors (Lipinski definition) is 0. The third kappa shape index (κ3) is 3.65. The number of anilines is 1. The second kappa shape index (κ2) is 7.42. The maximum atomic E-state index is 12.7. The highest BCUT2D eigenvalue weighted by Crippen LogP contribution is 2.27. The fourth-order valence-electron chi connectivity index (χ4n) is 3.04. The number of piperazine rings is 1. The molecule has 0 saturated carbocycles. The molecule has 2 aromatic heterocycles. The standard InChI is InChI=1S/C17H16Cl2N4O2S/c18-11-1-4-16(20-10-11)22-5-7-23(8-6-22)17(24)13-9-12(21-25-13)14-2-3-15(19)26-14/h1-4,10,13H,5-9H2. The molecule has 1 unspecified atom stereocenters. The average Bonchev–Trinajstić information content (AvgIpc) is 3.31. The Labute approximate surface area is 165 Å². The van der Waals surface area contributed by atoms with E-state index in [9.17, 15) is 4.79 Å². The number of nitrogens with zero attached hydrogens (tertiary/aromatic N) is 4. The Morgan fingerprint density at radius 2 is 1.96 bits per heavy atom. The van der Waals surface area contributed by atoms with Crippen molar-refractivity contribution in [2.75, 3.05) is 31.1 Å². The summed E-state index contributed by atoms with van der Waals surface area (Å²) in [5.74, 6) is 0.855. The Balaban J connectivity index is 1.32. The molecule has 1 fully saturated rings. The summed E-state index contributed by atoms with van der Waals surface area (Å²) in [6.07, 6.45) is 1.57. The number of oxime groups is 1. The molecular weight excluding hydrogens is 395 g/mol. The minimum absolute atomic E-state index is 0.0184. The first kappa shape index (κ1) is 17.6.